The van der Waals surface area contributed by atoms with Crippen LogP contribution in [0, 0.1) is 12.8 Å². The molecule has 4 aromatic heterocycles. The molecular formula is C36H35BrIN9O3. The van der Waals surface area contributed by atoms with Gasteiger partial charge in [-0.1, -0.05) is 59.8 Å². The van der Waals surface area contributed by atoms with E-state index in [4.69, 9.17) is 0 Å². The van der Waals surface area contributed by atoms with Crippen molar-refractivity contribution in [3.05, 3.63) is 93.9 Å². The quantitative estimate of drug-likeness (QED) is 0.0680. The van der Waals surface area contributed by atoms with Gasteiger partial charge in [0.05, 0.1) is 21.5 Å². The third kappa shape index (κ3) is 6.92. The first-order valence-electron chi connectivity index (χ1n) is 16.4. The van der Waals surface area contributed by atoms with Gasteiger partial charge in [0, 0.05) is 55.5 Å². The van der Waals surface area contributed by atoms with E-state index in [1.165, 1.54) is 22.7 Å². The number of nitrogens with zero attached hydrogens (tertiary/aromatic N) is 8. The van der Waals surface area contributed by atoms with Crippen LogP contribution in [0.25, 0.3) is 22.2 Å². The number of halogens is 2. The molecule has 256 valence electrons. The van der Waals surface area contributed by atoms with Gasteiger partial charge in [-0.2, -0.15) is 5.10 Å². The predicted octanol–water partition coefficient (Wildman–Crippen LogP) is 5.75. The van der Waals surface area contributed by atoms with Gasteiger partial charge in [0.1, 0.15) is 34.5 Å². The highest BCUT2D eigenvalue weighted by Crippen LogP contribution is 2.35. The number of alkyl halides is 1. The fourth-order valence-corrected chi connectivity index (χ4v) is 8.05. The molecule has 0 saturated carbocycles. The van der Waals surface area contributed by atoms with E-state index < -0.39 is 6.04 Å². The summed E-state index contributed by atoms with van der Waals surface area (Å²) in [5.74, 6) is 0.385. The van der Waals surface area contributed by atoms with Crippen molar-refractivity contribution in [3.8, 4) is 11.3 Å². The average Bonchev–Trinajstić information content (AvgIpc) is 3.62. The summed E-state index contributed by atoms with van der Waals surface area (Å²) >= 11 is 5.71. The summed E-state index contributed by atoms with van der Waals surface area (Å²) in [5.41, 5.74) is 5.67. The Labute approximate surface area is 311 Å². The van der Waals surface area contributed by atoms with Crippen molar-refractivity contribution in [2.24, 2.45) is 5.92 Å². The second-order valence-electron chi connectivity index (χ2n) is 12.9. The van der Waals surface area contributed by atoms with Crippen molar-refractivity contribution >= 4 is 72.8 Å². The molecule has 2 aliphatic rings. The topological polar surface area (TPSA) is 139 Å². The second-order valence-corrected chi connectivity index (χ2v) is 15.0. The van der Waals surface area contributed by atoms with E-state index in [0.29, 0.717) is 51.4 Å². The fourth-order valence-electron chi connectivity index (χ4n) is 6.74. The fraction of sp³-hybridized carbons (Fsp3) is 0.333. The minimum absolute atomic E-state index is 0.0711. The van der Waals surface area contributed by atoms with E-state index in [1.807, 2.05) is 19.1 Å². The monoisotopic (exact) mass is 847 g/mol. The first-order valence-corrected chi connectivity index (χ1v) is 18.5. The Morgan fingerprint density at radius 1 is 1.04 bits per heavy atom. The number of ketones is 1. The van der Waals surface area contributed by atoms with Gasteiger partial charge in [-0.3, -0.25) is 28.9 Å². The zero-order valence-electron chi connectivity index (χ0n) is 27.8. The molecule has 0 aliphatic carbocycles. The molecule has 1 fully saturated rings. The van der Waals surface area contributed by atoms with E-state index in [0.717, 1.165) is 25.1 Å². The van der Waals surface area contributed by atoms with Gasteiger partial charge in [0.2, 0.25) is 11.8 Å². The maximum Gasteiger partial charge on any atom is 0.248 e. The number of fused-ring (bicyclic) bond motifs is 2. The molecule has 0 unspecified atom stereocenters. The number of carbonyl (C=O) groups is 3. The van der Waals surface area contributed by atoms with Crippen molar-refractivity contribution in [2.75, 3.05) is 11.9 Å². The van der Waals surface area contributed by atoms with E-state index in [2.05, 4.69) is 98.0 Å². The number of amides is 2. The lowest BCUT2D eigenvalue weighted by Gasteiger charge is -2.30. The lowest BCUT2D eigenvalue weighted by atomic mass is 9.99. The molecule has 0 radical (unpaired) electrons. The predicted molar refractivity (Wildman–Crippen MR) is 200 cm³/mol. The van der Waals surface area contributed by atoms with Crippen LogP contribution in [-0.4, -0.2) is 73.7 Å². The van der Waals surface area contributed by atoms with Crippen molar-refractivity contribution < 1.29 is 14.4 Å². The van der Waals surface area contributed by atoms with Gasteiger partial charge in [-0.25, -0.2) is 15.0 Å². The van der Waals surface area contributed by atoms with Gasteiger partial charge in [-0.05, 0) is 64.9 Å². The second kappa shape index (κ2) is 14.2. The number of pyridine rings is 2. The number of benzene rings is 1. The average molecular weight is 849 g/mol. The Bertz CT molecular complexity index is 2120. The van der Waals surface area contributed by atoms with E-state index in [-0.39, 0.29) is 39.8 Å². The van der Waals surface area contributed by atoms with Gasteiger partial charge in [0.25, 0.3) is 0 Å². The Balaban J connectivity index is 1.11. The van der Waals surface area contributed by atoms with E-state index in [9.17, 15) is 14.4 Å². The van der Waals surface area contributed by atoms with Crippen molar-refractivity contribution in [2.45, 2.75) is 63.3 Å². The molecule has 0 spiro atoms. The van der Waals surface area contributed by atoms with Crippen molar-refractivity contribution in [1.29, 1.82) is 0 Å². The number of rotatable bonds is 8. The summed E-state index contributed by atoms with van der Waals surface area (Å²) in [6.45, 7) is 7.48. The van der Waals surface area contributed by atoms with Gasteiger partial charge in [0.15, 0.2) is 5.78 Å². The molecule has 2 amide bonds. The molecule has 1 N–H and O–H groups in total. The maximum absolute atomic E-state index is 14.1. The van der Waals surface area contributed by atoms with E-state index >= 15 is 0 Å². The van der Waals surface area contributed by atoms with Crippen LogP contribution in [0.3, 0.4) is 0 Å². The van der Waals surface area contributed by atoms with Crippen molar-refractivity contribution in [3.63, 3.8) is 0 Å². The van der Waals surface area contributed by atoms with Gasteiger partial charge in [-0.15, -0.1) is 0 Å². The molecule has 14 heteroatoms. The molecule has 12 nitrogen and oxygen atoms in total. The summed E-state index contributed by atoms with van der Waals surface area (Å²) < 4.78 is 1.89. The molecule has 50 heavy (non-hydrogen) atoms. The number of likely N-dealkylation sites (tertiary alicyclic amines) is 1. The molecule has 5 aromatic rings. The largest absolute Gasteiger partial charge is 0.317 e. The SMILES string of the molecule is CC(=O)c1nn(CC(=O)N2[C@H](I)[C@@H](C)C[C@H]2C(=O)Nc2nc(Br)ccc2CN2CCc3ccccc3C2)c2cnc(-c3cnc(C)nc3)cc12. The van der Waals surface area contributed by atoms with E-state index in [1.54, 1.807) is 36.5 Å². The molecule has 1 aromatic carbocycles. The van der Waals surface area contributed by atoms with Crippen LogP contribution >= 0.6 is 38.5 Å². The number of anilines is 1. The Morgan fingerprint density at radius 3 is 2.56 bits per heavy atom. The molecule has 2 aliphatic heterocycles. The highest BCUT2D eigenvalue weighted by Gasteiger charge is 2.44. The third-order valence-corrected chi connectivity index (χ3v) is 11.6. The van der Waals surface area contributed by atoms with Gasteiger partial charge < -0.3 is 10.2 Å². The van der Waals surface area contributed by atoms with Crippen LogP contribution in [-0.2, 0) is 35.6 Å². The molecule has 7 rings (SSSR count). The summed E-state index contributed by atoms with van der Waals surface area (Å²) in [6.07, 6.45) is 6.43. The number of aromatic nitrogens is 6. The molecule has 6 heterocycles. The van der Waals surface area contributed by atoms with Crippen LogP contribution < -0.4 is 5.32 Å². The van der Waals surface area contributed by atoms with Crippen molar-refractivity contribution in [1.82, 2.24) is 39.5 Å². The number of hydrogen-bond donors (Lipinski definition) is 1. The molecule has 1 saturated heterocycles. The summed E-state index contributed by atoms with van der Waals surface area (Å²) in [7, 11) is 0. The number of nitrogens with one attached hydrogen (secondary N) is 1. The van der Waals surface area contributed by atoms with Crippen LogP contribution in [0.15, 0.2) is 65.7 Å². The lowest BCUT2D eigenvalue weighted by molar-refractivity contribution is -0.137. The molecule has 0 bridgehead atoms. The number of carbonyl (C=O) groups excluding carboxylic acids is 3. The normalized spacial score (nSPS) is 19.1. The zero-order valence-corrected chi connectivity index (χ0v) is 31.6. The zero-order chi connectivity index (χ0) is 35.1. The molecule has 3 atom stereocenters. The smallest absolute Gasteiger partial charge is 0.248 e. The Kier molecular flexibility index (Phi) is 9.76. The lowest BCUT2D eigenvalue weighted by Crippen LogP contribution is -2.47. The summed E-state index contributed by atoms with van der Waals surface area (Å²) in [6, 6.07) is 13.4. The van der Waals surface area contributed by atoms with Gasteiger partial charge >= 0.3 is 0 Å². The first-order chi connectivity index (χ1) is 24.0. The number of Topliss-reactive ketones (excluding diaryl/α,β-unsaturated/α-hetero) is 1. The highest BCUT2D eigenvalue weighted by molar-refractivity contribution is 14.1. The summed E-state index contributed by atoms with van der Waals surface area (Å²) in [4.78, 5) is 62.5. The Hall–Kier alpha value is -4.15. The van der Waals surface area contributed by atoms with Crippen LogP contribution in [0.2, 0.25) is 0 Å². The minimum atomic E-state index is -0.713. The minimum Gasteiger partial charge on any atom is -0.317 e. The maximum atomic E-state index is 14.1. The highest BCUT2D eigenvalue weighted by atomic mass is 127. The standard InChI is InChI=1S/C36H35BrIN9O3/c1-20-12-29(36(50)43-35-25(8-9-31(37)42-35)18-45-11-10-23-6-4-5-7-24(23)17-45)47(34(20)38)32(49)19-46-30-16-41-28(26-14-39-22(3)40-15-26)13-27(30)33(44-46)21(2)48/h4-9,13-16,20,29,34H,10-12,17-19H2,1-3H3,(H,42,43,50)/t20-,29-,34-/m0/s1. The number of aryl methyl sites for hydroxylation is 1. The third-order valence-electron chi connectivity index (χ3n) is 9.38. The van der Waals surface area contributed by atoms with Crippen LogP contribution in [0.1, 0.15) is 53.3 Å². The summed E-state index contributed by atoms with van der Waals surface area (Å²) in [5, 5.41) is 8.20. The van der Waals surface area contributed by atoms with Crippen LogP contribution in [0.4, 0.5) is 5.82 Å². The molecular weight excluding hydrogens is 813 g/mol. The number of hydrogen-bond acceptors (Lipinski definition) is 9. The van der Waals surface area contributed by atoms with Crippen LogP contribution in [0.5, 0.6) is 0 Å². The Morgan fingerprint density at radius 2 is 1.80 bits per heavy atom. The first kappa shape index (κ1) is 34.3.